The van der Waals surface area contributed by atoms with Crippen LogP contribution in [-0.4, -0.2) is 48.3 Å². The topological polar surface area (TPSA) is 77.7 Å². The van der Waals surface area contributed by atoms with Gasteiger partial charge in [-0.25, -0.2) is 0 Å². The molecular weight excluding hydrogens is 390 g/mol. The van der Waals surface area contributed by atoms with Gasteiger partial charge in [0.2, 0.25) is 5.89 Å². The number of hydrogen-bond acceptors (Lipinski definition) is 6. The minimum Gasteiger partial charge on any atom is -0.495 e. The zero-order valence-corrected chi connectivity index (χ0v) is 16.0. The number of rotatable bonds is 4. The summed E-state index contributed by atoms with van der Waals surface area (Å²) in [6, 6.07) is 3.44. The zero-order valence-electron chi connectivity index (χ0n) is 14.4. The van der Waals surface area contributed by atoms with Crippen molar-refractivity contribution < 1.29 is 18.8 Å². The van der Waals surface area contributed by atoms with Crippen molar-refractivity contribution >= 4 is 21.8 Å². The summed E-state index contributed by atoms with van der Waals surface area (Å²) in [6.45, 7) is 3.05. The molecule has 8 heteroatoms. The SMILES string of the molecule is COc1cc(C(=O)N2CCCC(c3nc(C)no3)C2)cc(OC)c1Br. The molecule has 2 heterocycles. The molecule has 0 N–H and O–H groups in total. The highest BCUT2D eigenvalue weighted by Crippen LogP contribution is 2.36. The number of hydrogen-bond donors (Lipinski definition) is 0. The van der Waals surface area contributed by atoms with E-state index in [0.29, 0.717) is 46.3 Å². The molecule has 0 radical (unpaired) electrons. The monoisotopic (exact) mass is 409 g/mol. The molecular formula is C17H20BrN3O4. The summed E-state index contributed by atoms with van der Waals surface area (Å²) in [5, 5.41) is 3.85. The maximum Gasteiger partial charge on any atom is 0.254 e. The molecule has 1 saturated heterocycles. The van der Waals surface area contributed by atoms with Gasteiger partial charge >= 0.3 is 0 Å². The molecule has 1 fully saturated rings. The highest BCUT2D eigenvalue weighted by atomic mass is 79.9. The molecule has 3 rings (SSSR count). The van der Waals surface area contributed by atoms with E-state index < -0.39 is 0 Å². The van der Waals surface area contributed by atoms with Gasteiger partial charge in [0.25, 0.3) is 5.91 Å². The third kappa shape index (κ3) is 3.63. The largest absolute Gasteiger partial charge is 0.495 e. The van der Waals surface area contributed by atoms with Crippen LogP contribution in [0.3, 0.4) is 0 Å². The first-order valence-corrected chi connectivity index (χ1v) is 8.83. The van der Waals surface area contributed by atoms with Crippen LogP contribution >= 0.6 is 15.9 Å². The van der Waals surface area contributed by atoms with Crippen molar-refractivity contribution in [1.29, 1.82) is 0 Å². The summed E-state index contributed by atoms with van der Waals surface area (Å²) in [5.74, 6) is 2.33. The molecule has 1 aromatic heterocycles. The van der Waals surface area contributed by atoms with Crippen molar-refractivity contribution in [3.05, 3.63) is 33.9 Å². The molecule has 0 saturated carbocycles. The van der Waals surface area contributed by atoms with Gasteiger partial charge in [-0.2, -0.15) is 4.98 Å². The maximum absolute atomic E-state index is 13.0. The van der Waals surface area contributed by atoms with E-state index in [2.05, 4.69) is 26.1 Å². The van der Waals surface area contributed by atoms with Crippen LogP contribution in [0.5, 0.6) is 11.5 Å². The van der Waals surface area contributed by atoms with Gasteiger partial charge in [-0.3, -0.25) is 4.79 Å². The Balaban J connectivity index is 1.82. The van der Waals surface area contributed by atoms with Gasteiger partial charge in [0.05, 0.1) is 20.1 Å². The van der Waals surface area contributed by atoms with Crippen LogP contribution in [-0.2, 0) is 0 Å². The zero-order chi connectivity index (χ0) is 18.0. The highest BCUT2D eigenvalue weighted by Gasteiger charge is 2.29. The molecule has 134 valence electrons. The van der Waals surface area contributed by atoms with Crippen molar-refractivity contribution in [2.24, 2.45) is 0 Å². The lowest BCUT2D eigenvalue weighted by molar-refractivity contribution is 0.0695. The second-order valence-corrected chi connectivity index (χ2v) is 6.76. The number of likely N-dealkylation sites (tertiary alicyclic amines) is 1. The predicted octanol–water partition coefficient (Wildman–Crippen LogP) is 3.18. The van der Waals surface area contributed by atoms with Crippen molar-refractivity contribution in [3.8, 4) is 11.5 Å². The minimum absolute atomic E-state index is 0.0648. The molecule has 25 heavy (non-hydrogen) atoms. The third-order valence-corrected chi connectivity index (χ3v) is 5.08. The summed E-state index contributed by atoms with van der Waals surface area (Å²) in [7, 11) is 3.12. The Morgan fingerprint density at radius 1 is 1.32 bits per heavy atom. The van der Waals surface area contributed by atoms with Gasteiger partial charge < -0.3 is 18.9 Å². The lowest BCUT2D eigenvalue weighted by Gasteiger charge is -2.31. The summed E-state index contributed by atoms with van der Waals surface area (Å²) >= 11 is 3.42. The summed E-state index contributed by atoms with van der Waals surface area (Å²) < 4.78 is 16.6. The average Bonchev–Trinajstić information content (AvgIpc) is 3.08. The molecule has 1 atom stereocenters. The fraction of sp³-hybridized carbons (Fsp3) is 0.471. The maximum atomic E-state index is 13.0. The van der Waals surface area contributed by atoms with Gasteiger partial charge in [0, 0.05) is 18.7 Å². The van der Waals surface area contributed by atoms with Gasteiger partial charge in [0.1, 0.15) is 16.0 Å². The molecule has 0 spiro atoms. The van der Waals surface area contributed by atoms with Gasteiger partial charge in [-0.05, 0) is 47.8 Å². The van der Waals surface area contributed by atoms with Gasteiger partial charge in [-0.15, -0.1) is 0 Å². The van der Waals surface area contributed by atoms with Crippen LogP contribution in [0.2, 0.25) is 0 Å². The first kappa shape index (κ1) is 17.7. The van der Waals surface area contributed by atoms with E-state index in [1.165, 1.54) is 0 Å². The number of aromatic nitrogens is 2. The summed E-state index contributed by atoms with van der Waals surface area (Å²) in [4.78, 5) is 19.1. The number of aryl methyl sites for hydroxylation is 1. The Morgan fingerprint density at radius 3 is 2.56 bits per heavy atom. The van der Waals surface area contributed by atoms with Crippen LogP contribution in [0.1, 0.15) is 40.8 Å². The van der Waals surface area contributed by atoms with E-state index in [1.54, 1.807) is 33.3 Å². The number of carbonyl (C=O) groups excluding carboxylic acids is 1. The average molecular weight is 410 g/mol. The third-order valence-electron chi connectivity index (χ3n) is 4.29. The van der Waals surface area contributed by atoms with E-state index in [9.17, 15) is 4.79 Å². The molecule has 7 nitrogen and oxygen atoms in total. The Kier molecular flexibility index (Phi) is 5.27. The van der Waals surface area contributed by atoms with Crippen molar-refractivity contribution in [2.45, 2.75) is 25.7 Å². The van der Waals surface area contributed by atoms with Crippen molar-refractivity contribution in [3.63, 3.8) is 0 Å². The van der Waals surface area contributed by atoms with Crippen LogP contribution in [0.4, 0.5) is 0 Å². The molecule has 2 aromatic rings. The Hall–Kier alpha value is -2.09. The van der Waals surface area contributed by atoms with Crippen LogP contribution in [0.15, 0.2) is 21.1 Å². The predicted molar refractivity (Wildman–Crippen MR) is 94.2 cm³/mol. The quantitative estimate of drug-likeness (QED) is 0.771. The second kappa shape index (κ2) is 7.43. The van der Waals surface area contributed by atoms with Crippen molar-refractivity contribution in [2.75, 3.05) is 27.3 Å². The normalized spacial score (nSPS) is 17.4. The molecule has 1 aromatic carbocycles. The fourth-order valence-electron chi connectivity index (χ4n) is 3.02. The first-order chi connectivity index (χ1) is 12.0. The first-order valence-electron chi connectivity index (χ1n) is 8.04. The Bertz CT molecular complexity index is 752. The molecule has 1 amide bonds. The molecule has 1 aliphatic rings. The number of halogens is 1. The summed E-state index contributed by atoms with van der Waals surface area (Å²) in [5.41, 5.74) is 0.527. The van der Waals surface area contributed by atoms with E-state index in [1.807, 2.05) is 4.90 Å². The number of piperidine rings is 1. The van der Waals surface area contributed by atoms with Crippen LogP contribution in [0, 0.1) is 6.92 Å². The number of amides is 1. The number of ether oxygens (including phenoxy) is 2. The van der Waals surface area contributed by atoms with Gasteiger partial charge in [0.15, 0.2) is 5.82 Å². The van der Waals surface area contributed by atoms with Crippen LogP contribution in [0.25, 0.3) is 0 Å². The van der Waals surface area contributed by atoms with E-state index in [-0.39, 0.29) is 11.8 Å². The highest BCUT2D eigenvalue weighted by molar-refractivity contribution is 9.10. The smallest absolute Gasteiger partial charge is 0.254 e. The molecule has 1 aliphatic heterocycles. The fourth-order valence-corrected chi connectivity index (χ4v) is 3.57. The molecule has 0 aliphatic carbocycles. The van der Waals surface area contributed by atoms with E-state index in [4.69, 9.17) is 14.0 Å². The second-order valence-electron chi connectivity index (χ2n) is 5.96. The molecule has 1 unspecified atom stereocenters. The number of carbonyl (C=O) groups is 1. The Morgan fingerprint density at radius 2 is 2.00 bits per heavy atom. The Labute approximate surface area is 154 Å². The number of nitrogens with zero attached hydrogens (tertiary/aromatic N) is 3. The van der Waals surface area contributed by atoms with Crippen LogP contribution < -0.4 is 9.47 Å². The summed E-state index contributed by atoms with van der Waals surface area (Å²) in [6.07, 6.45) is 1.82. The standard InChI is InChI=1S/C17H20BrN3O4/c1-10-19-16(25-20-10)11-5-4-6-21(9-11)17(22)12-7-13(23-2)15(18)14(8-12)24-3/h7-8,11H,4-6,9H2,1-3H3. The molecule has 0 bridgehead atoms. The minimum atomic E-state index is -0.0648. The lowest BCUT2D eigenvalue weighted by Crippen LogP contribution is -2.39. The number of methoxy groups -OCH3 is 2. The lowest BCUT2D eigenvalue weighted by atomic mass is 9.97. The van der Waals surface area contributed by atoms with Crippen molar-refractivity contribution in [1.82, 2.24) is 15.0 Å². The van der Waals surface area contributed by atoms with E-state index >= 15 is 0 Å². The number of benzene rings is 1. The van der Waals surface area contributed by atoms with E-state index in [0.717, 1.165) is 12.8 Å². The van der Waals surface area contributed by atoms with Gasteiger partial charge in [-0.1, -0.05) is 5.16 Å².